The predicted molar refractivity (Wildman–Crippen MR) is 90.5 cm³/mol. The second-order valence-electron chi connectivity index (χ2n) is 4.36. The molecule has 106 valence electrons. The summed E-state index contributed by atoms with van der Waals surface area (Å²) in [6.45, 7) is 0. The van der Waals surface area contributed by atoms with Crippen molar-refractivity contribution < 1.29 is 0 Å². The van der Waals surface area contributed by atoms with E-state index in [0.717, 1.165) is 21.6 Å². The maximum Gasteiger partial charge on any atom is 0.181 e. The van der Waals surface area contributed by atoms with Crippen LogP contribution in [0.5, 0.6) is 0 Å². The van der Waals surface area contributed by atoms with E-state index < -0.39 is 0 Å². The van der Waals surface area contributed by atoms with Crippen molar-refractivity contribution in [2.24, 2.45) is 0 Å². The molecule has 0 saturated carbocycles. The molecule has 1 heterocycles. The Hall–Kier alpha value is -1.30. The molecule has 2 aromatic carbocycles. The maximum atomic E-state index is 5.88. The van der Waals surface area contributed by atoms with E-state index in [-0.39, 0.29) is 0 Å². The van der Waals surface area contributed by atoms with Gasteiger partial charge in [0.15, 0.2) is 5.82 Å². The fourth-order valence-electron chi connectivity index (χ4n) is 1.77. The van der Waals surface area contributed by atoms with Crippen LogP contribution in [-0.4, -0.2) is 15.2 Å². The number of benzene rings is 2. The molecule has 0 amide bonds. The van der Waals surface area contributed by atoms with Gasteiger partial charge in [0.25, 0.3) is 0 Å². The third-order valence-electron chi connectivity index (χ3n) is 2.82. The molecule has 0 bridgehead atoms. The standard InChI is InChI=1S/C15H11BrClN3S/c16-11-3-7-13(8-4-11)21-9-14-18-15(20-19-14)10-1-5-12(17)6-2-10/h1-8H,9H2,(H,18,19,20). The lowest BCUT2D eigenvalue weighted by Crippen LogP contribution is -1.84. The van der Waals surface area contributed by atoms with Gasteiger partial charge in [-0.3, -0.25) is 5.10 Å². The summed E-state index contributed by atoms with van der Waals surface area (Å²) < 4.78 is 1.08. The Balaban J connectivity index is 1.67. The van der Waals surface area contributed by atoms with Crippen LogP contribution in [0.2, 0.25) is 5.02 Å². The molecule has 1 aromatic heterocycles. The van der Waals surface area contributed by atoms with E-state index in [4.69, 9.17) is 11.6 Å². The van der Waals surface area contributed by atoms with Crippen LogP contribution in [0.1, 0.15) is 5.82 Å². The number of nitrogens with zero attached hydrogens (tertiary/aromatic N) is 2. The van der Waals surface area contributed by atoms with Crippen molar-refractivity contribution in [2.45, 2.75) is 10.6 Å². The zero-order valence-corrected chi connectivity index (χ0v) is 14.0. The summed E-state index contributed by atoms with van der Waals surface area (Å²) in [5.41, 5.74) is 0.954. The van der Waals surface area contributed by atoms with Crippen LogP contribution >= 0.6 is 39.3 Å². The Kier molecular flexibility index (Phi) is 4.63. The summed E-state index contributed by atoms with van der Waals surface area (Å²) in [5, 5.41) is 7.93. The number of hydrogen-bond donors (Lipinski definition) is 1. The van der Waals surface area contributed by atoms with Gasteiger partial charge < -0.3 is 0 Å². The minimum absolute atomic E-state index is 0.693. The lowest BCUT2D eigenvalue weighted by atomic mass is 10.2. The SMILES string of the molecule is Clc1ccc(-c2n[nH]c(CSc3ccc(Br)cc3)n2)cc1. The predicted octanol–water partition coefficient (Wildman–Crippen LogP) is 5.18. The molecule has 0 unspecified atom stereocenters. The highest BCUT2D eigenvalue weighted by Crippen LogP contribution is 2.24. The van der Waals surface area contributed by atoms with E-state index in [1.165, 1.54) is 4.90 Å². The maximum absolute atomic E-state index is 5.88. The second-order valence-corrected chi connectivity index (χ2v) is 6.76. The summed E-state index contributed by atoms with van der Waals surface area (Å²) >= 11 is 11.0. The Bertz CT molecular complexity index is 725. The van der Waals surface area contributed by atoms with Crippen LogP contribution in [0.25, 0.3) is 11.4 Å². The highest BCUT2D eigenvalue weighted by molar-refractivity contribution is 9.10. The fraction of sp³-hybridized carbons (Fsp3) is 0.0667. The van der Waals surface area contributed by atoms with Gasteiger partial charge in [-0.15, -0.1) is 11.8 Å². The molecule has 3 rings (SSSR count). The normalized spacial score (nSPS) is 10.8. The van der Waals surface area contributed by atoms with Gasteiger partial charge in [0.05, 0.1) is 5.75 Å². The minimum Gasteiger partial charge on any atom is -0.262 e. The molecule has 0 aliphatic heterocycles. The molecular formula is C15H11BrClN3S. The van der Waals surface area contributed by atoms with Crippen LogP contribution < -0.4 is 0 Å². The average molecular weight is 381 g/mol. The number of H-pyrrole nitrogens is 1. The Labute approximate surface area is 140 Å². The largest absolute Gasteiger partial charge is 0.262 e. The molecule has 0 atom stereocenters. The fourth-order valence-corrected chi connectivity index (χ4v) is 2.92. The van der Waals surface area contributed by atoms with Gasteiger partial charge in [0.1, 0.15) is 5.82 Å². The van der Waals surface area contributed by atoms with Gasteiger partial charge in [-0.2, -0.15) is 5.10 Å². The number of rotatable bonds is 4. The number of hydrogen-bond acceptors (Lipinski definition) is 3. The van der Waals surface area contributed by atoms with Crippen LogP contribution in [0, 0.1) is 0 Å². The summed E-state index contributed by atoms with van der Waals surface area (Å²) in [5.74, 6) is 2.30. The van der Waals surface area contributed by atoms with Gasteiger partial charge in [-0.25, -0.2) is 4.98 Å². The number of halogens is 2. The van der Waals surface area contributed by atoms with Crippen LogP contribution in [0.3, 0.4) is 0 Å². The third kappa shape index (κ3) is 3.87. The molecule has 0 saturated heterocycles. The quantitative estimate of drug-likeness (QED) is 0.634. The van der Waals surface area contributed by atoms with E-state index in [0.29, 0.717) is 10.8 Å². The molecular weight excluding hydrogens is 370 g/mol. The van der Waals surface area contributed by atoms with Gasteiger partial charge >= 0.3 is 0 Å². The lowest BCUT2D eigenvalue weighted by Gasteiger charge is -1.99. The average Bonchev–Trinajstić information content (AvgIpc) is 2.96. The highest BCUT2D eigenvalue weighted by Gasteiger charge is 2.06. The van der Waals surface area contributed by atoms with Gasteiger partial charge in [-0.1, -0.05) is 27.5 Å². The van der Waals surface area contributed by atoms with E-state index in [2.05, 4.69) is 43.2 Å². The molecule has 3 nitrogen and oxygen atoms in total. The van der Waals surface area contributed by atoms with Crippen molar-refractivity contribution >= 4 is 39.3 Å². The summed E-state index contributed by atoms with van der Waals surface area (Å²) in [6, 6.07) is 15.7. The monoisotopic (exact) mass is 379 g/mol. The second kappa shape index (κ2) is 6.64. The first-order chi connectivity index (χ1) is 10.2. The molecule has 0 aliphatic rings. The van der Waals surface area contributed by atoms with Gasteiger partial charge in [0, 0.05) is 20.0 Å². The molecule has 21 heavy (non-hydrogen) atoms. The van der Waals surface area contributed by atoms with Crippen LogP contribution in [0.15, 0.2) is 57.9 Å². The van der Waals surface area contributed by atoms with Crippen molar-refractivity contribution in [2.75, 3.05) is 0 Å². The zero-order valence-electron chi connectivity index (χ0n) is 10.9. The van der Waals surface area contributed by atoms with Gasteiger partial charge in [-0.05, 0) is 48.5 Å². The first-order valence-corrected chi connectivity index (χ1v) is 8.42. The van der Waals surface area contributed by atoms with Crippen molar-refractivity contribution in [3.05, 3.63) is 63.9 Å². The summed E-state index contributed by atoms with van der Waals surface area (Å²) in [7, 11) is 0. The van der Waals surface area contributed by atoms with E-state index in [9.17, 15) is 0 Å². The molecule has 3 aromatic rings. The van der Waals surface area contributed by atoms with Gasteiger partial charge in [0.2, 0.25) is 0 Å². The topological polar surface area (TPSA) is 41.6 Å². The lowest BCUT2D eigenvalue weighted by molar-refractivity contribution is 1.03. The van der Waals surface area contributed by atoms with Crippen molar-refractivity contribution in [3.8, 4) is 11.4 Å². The van der Waals surface area contributed by atoms with Crippen LogP contribution in [0.4, 0.5) is 0 Å². The van der Waals surface area contributed by atoms with Crippen molar-refractivity contribution in [1.29, 1.82) is 0 Å². The zero-order chi connectivity index (χ0) is 14.7. The van der Waals surface area contributed by atoms with E-state index in [1.807, 2.05) is 36.4 Å². The highest BCUT2D eigenvalue weighted by atomic mass is 79.9. The Morgan fingerprint density at radius 3 is 2.48 bits per heavy atom. The Morgan fingerprint density at radius 1 is 1.05 bits per heavy atom. The van der Waals surface area contributed by atoms with E-state index >= 15 is 0 Å². The molecule has 6 heteroatoms. The number of aromatic amines is 1. The first-order valence-electron chi connectivity index (χ1n) is 6.26. The van der Waals surface area contributed by atoms with Crippen molar-refractivity contribution in [1.82, 2.24) is 15.2 Å². The molecule has 1 N–H and O–H groups in total. The van der Waals surface area contributed by atoms with Crippen LogP contribution in [-0.2, 0) is 5.75 Å². The summed E-state index contributed by atoms with van der Waals surface area (Å²) in [4.78, 5) is 5.70. The molecule has 0 fully saturated rings. The number of thioether (sulfide) groups is 1. The Morgan fingerprint density at radius 2 is 1.76 bits per heavy atom. The number of aromatic nitrogens is 3. The van der Waals surface area contributed by atoms with E-state index in [1.54, 1.807) is 11.8 Å². The molecule has 0 radical (unpaired) electrons. The summed E-state index contributed by atoms with van der Waals surface area (Å²) in [6.07, 6.45) is 0. The molecule has 0 spiro atoms. The van der Waals surface area contributed by atoms with Crippen molar-refractivity contribution in [3.63, 3.8) is 0 Å². The third-order valence-corrected chi connectivity index (χ3v) is 4.63. The smallest absolute Gasteiger partial charge is 0.181 e. The first kappa shape index (κ1) is 14.6. The molecule has 0 aliphatic carbocycles. The minimum atomic E-state index is 0.693. The number of nitrogens with one attached hydrogen (secondary N) is 1.